The number of hydrogen-bond donors (Lipinski definition) is 3. The maximum absolute atomic E-state index is 12.8. The number of benzene rings is 2. The molecule has 3 rings (SSSR count). The number of nitrogens with zero attached hydrogens (tertiary/aromatic N) is 1. The van der Waals surface area contributed by atoms with Crippen LogP contribution in [0.3, 0.4) is 0 Å². The Kier molecular flexibility index (Phi) is 4.73. The maximum Gasteiger partial charge on any atom is 0.255 e. The van der Waals surface area contributed by atoms with Gasteiger partial charge in [0.1, 0.15) is 5.75 Å². The minimum absolute atomic E-state index is 0.0561. The van der Waals surface area contributed by atoms with Crippen LogP contribution in [-0.4, -0.2) is 42.1 Å². The molecule has 2 aromatic carbocycles. The van der Waals surface area contributed by atoms with Crippen LogP contribution >= 0.6 is 11.8 Å². The second kappa shape index (κ2) is 6.93. The highest BCUT2D eigenvalue weighted by Gasteiger charge is 2.21. The lowest BCUT2D eigenvalue weighted by Gasteiger charge is -2.28. The summed E-state index contributed by atoms with van der Waals surface area (Å²) in [5.74, 6) is 0.0354. The van der Waals surface area contributed by atoms with Crippen molar-refractivity contribution in [2.24, 2.45) is 0 Å². The number of nitrogen functional groups attached to an aromatic ring is 1. The van der Waals surface area contributed by atoms with Crippen LogP contribution in [0.25, 0.3) is 0 Å². The van der Waals surface area contributed by atoms with Crippen molar-refractivity contribution < 1.29 is 9.90 Å². The van der Waals surface area contributed by atoms with E-state index in [9.17, 15) is 9.90 Å². The van der Waals surface area contributed by atoms with E-state index < -0.39 is 0 Å². The highest BCUT2D eigenvalue weighted by Crippen LogP contribution is 2.35. The number of aromatic hydroxyl groups is 1. The first-order chi connectivity index (χ1) is 11.1. The SMILES string of the molecule is Nc1ccccc1Sc1ccc(O)cc1C(=O)N1CCNCC1. The number of hydrogen-bond acceptors (Lipinski definition) is 5. The second-order valence-corrected chi connectivity index (χ2v) is 6.45. The van der Waals surface area contributed by atoms with E-state index in [1.165, 1.54) is 17.8 Å². The summed E-state index contributed by atoms with van der Waals surface area (Å²) in [6.45, 7) is 2.93. The van der Waals surface area contributed by atoms with Crippen molar-refractivity contribution in [3.8, 4) is 5.75 Å². The monoisotopic (exact) mass is 329 g/mol. The van der Waals surface area contributed by atoms with Crippen LogP contribution in [0.15, 0.2) is 52.3 Å². The van der Waals surface area contributed by atoms with E-state index >= 15 is 0 Å². The van der Waals surface area contributed by atoms with Gasteiger partial charge in [0.2, 0.25) is 0 Å². The Hall–Kier alpha value is -2.18. The summed E-state index contributed by atoms with van der Waals surface area (Å²) in [5.41, 5.74) is 7.18. The molecule has 1 aliphatic rings. The Morgan fingerprint density at radius 2 is 1.87 bits per heavy atom. The molecule has 0 spiro atoms. The molecule has 1 saturated heterocycles. The largest absolute Gasteiger partial charge is 0.508 e. The first-order valence-electron chi connectivity index (χ1n) is 7.50. The molecule has 5 nitrogen and oxygen atoms in total. The van der Waals surface area contributed by atoms with Crippen LogP contribution in [-0.2, 0) is 0 Å². The molecule has 0 saturated carbocycles. The molecule has 0 unspecified atom stereocenters. The Labute approximate surface area is 139 Å². The van der Waals surface area contributed by atoms with Gasteiger partial charge in [-0.05, 0) is 30.3 Å². The van der Waals surface area contributed by atoms with Gasteiger partial charge >= 0.3 is 0 Å². The molecular formula is C17H19N3O2S. The molecule has 6 heteroatoms. The molecule has 1 fully saturated rings. The highest BCUT2D eigenvalue weighted by atomic mass is 32.2. The third-order valence-corrected chi connectivity index (χ3v) is 4.90. The number of para-hydroxylation sites is 1. The van der Waals surface area contributed by atoms with Gasteiger partial charge in [0.05, 0.1) is 5.56 Å². The number of anilines is 1. The lowest BCUT2D eigenvalue weighted by Crippen LogP contribution is -2.46. The third kappa shape index (κ3) is 3.60. The molecule has 23 heavy (non-hydrogen) atoms. The van der Waals surface area contributed by atoms with Crippen LogP contribution < -0.4 is 11.1 Å². The molecule has 4 N–H and O–H groups in total. The lowest BCUT2D eigenvalue weighted by atomic mass is 10.1. The van der Waals surface area contributed by atoms with E-state index in [0.717, 1.165) is 22.9 Å². The van der Waals surface area contributed by atoms with E-state index in [-0.39, 0.29) is 11.7 Å². The standard InChI is InChI=1S/C17H19N3O2S/c18-14-3-1-2-4-16(14)23-15-6-5-12(21)11-13(15)17(22)20-9-7-19-8-10-20/h1-6,11,19,21H,7-10,18H2. The van der Waals surface area contributed by atoms with Crippen molar-refractivity contribution in [1.29, 1.82) is 0 Å². The minimum atomic E-state index is -0.0561. The van der Waals surface area contributed by atoms with E-state index in [4.69, 9.17) is 5.73 Å². The summed E-state index contributed by atoms with van der Waals surface area (Å²) in [5, 5.41) is 13.0. The number of carbonyl (C=O) groups excluding carboxylic acids is 1. The van der Waals surface area contributed by atoms with Crippen LogP contribution in [0, 0.1) is 0 Å². The molecule has 0 aliphatic carbocycles. The van der Waals surface area contributed by atoms with Gasteiger partial charge in [0.25, 0.3) is 5.91 Å². The number of amides is 1. The molecule has 1 aliphatic heterocycles. The predicted octanol–water partition coefficient (Wildman–Crippen LogP) is 2.17. The van der Waals surface area contributed by atoms with Crippen molar-refractivity contribution >= 4 is 23.4 Å². The fourth-order valence-corrected chi connectivity index (χ4v) is 3.47. The van der Waals surface area contributed by atoms with Crippen LogP contribution in [0.1, 0.15) is 10.4 Å². The number of carbonyl (C=O) groups is 1. The Morgan fingerprint density at radius 1 is 1.13 bits per heavy atom. The molecule has 120 valence electrons. The van der Waals surface area contributed by atoms with Gasteiger partial charge < -0.3 is 21.1 Å². The van der Waals surface area contributed by atoms with Gasteiger partial charge in [-0.1, -0.05) is 23.9 Å². The normalized spacial score (nSPS) is 14.7. The average molecular weight is 329 g/mol. The van der Waals surface area contributed by atoms with Gasteiger partial charge in [-0.3, -0.25) is 4.79 Å². The topological polar surface area (TPSA) is 78.6 Å². The third-order valence-electron chi connectivity index (χ3n) is 3.74. The number of phenolic OH excluding ortho intramolecular Hbond substituents is 1. The number of nitrogens with two attached hydrogens (primary N) is 1. The van der Waals surface area contributed by atoms with E-state index in [0.29, 0.717) is 24.3 Å². The van der Waals surface area contributed by atoms with E-state index in [1.54, 1.807) is 12.1 Å². The maximum atomic E-state index is 12.8. The Bertz CT molecular complexity index is 715. The lowest BCUT2D eigenvalue weighted by molar-refractivity contribution is 0.0732. The van der Waals surface area contributed by atoms with Crippen molar-refractivity contribution in [2.75, 3.05) is 31.9 Å². The first-order valence-corrected chi connectivity index (χ1v) is 8.32. The molecule has 1 heterocycles. The van der Waals surface area contributed by atoms with Crippen molar-refractivity contribution in [1.82, 2.24) is 10.2 Å². The summed E-state index contributed by atoms with van der Waals surface area (Å²) in [6, 6.07) is 12.4. The average Bonchev–Trinajstić information content (AvgIpc) is 2.58. The predicted molar refractivity (Wildman–Crippen MR) is 91.9 cm³/mol. The van der Waals surface area contributed by atoms with Crippen molar-refractivity contribution in [3.63, 3.8) is 0 Å². The minimum Gasteiger partial charge on any atom is -0.508 e. The molecule has 0 aromatic heterocycles. The van der Waals surface area contributed by atoms with Gasteiger partial charge in [0, 0.05) is 41.7 Å². The summed E-state index contributed by atoms with van der Waals surface area (Å²) < 4.78 is 0. The summed E-state index contributed by atoms with van der Waals surface area (Å²) in [4.78, 5) is 16.3. The molecular weight excluding hydrogens is 310 g/mol. The molecule has 1 amide bonds. The molecule has 0 radical (unpaired) electrons. The van der Waals surface area contributed by atoms with Gasteiger partial charge in [-0.15, -0.1) is 0 Å². The number of piperazine rings is 1. The number of rotatable bonds is 3. The van der Waals surface area contributed by atoms with Crippen molar-refractivity contribution in [2.45, 2.75) is 9.79 Å². The van der Waals surface area contributed by atoms with Gasteiger partial charge in [-0.2, -0.15) is 0 Å². The molecule has 0 bridgehead atoms. The van der Waals surface area contributed by atoms with E-state index in [1.807, 2.05) is 29.2 Å². The molecule has 2 aromatic rings. The van der Waals surface area contributed by atoms with E-state index in [2.05, 4.69) is 5.32 Å². The highest BCUT2D eigenvalue weighted by molar-refractivity contribution is 7.99. The molecule has 0 atom stereocenters. The first kappa shape index (κ1) is 15.7. The zero-order valence-corrected chi connectivity index (χ0v) is 13.5. The summed E-state index contributed by atoms with van der Waals surface area (Å²) >= 11 is 1.44. The summed E-state index contributed by atoms with van der Waals surface area (Å²) in [7, 11) is 0. The zero-order chi connectivity index (χ0) is 16.2. The number of nitrogens with one attached hydrogen (secondary N) is 1. The Morgan fingerprint density at radius 3 is 2.61 bits per heavy atom. The quantitative estimate of drug-likeness (QED) is 0.752. The fourth-order valence-electron chi connectivity index (χ4n) is 2.50. The fraction of sp³-hybridized carbons (Fsp3) is 0.235. The second-order valence-electron chi connectivity index (χ2n) is 5.36. The number of phenols is 1. The zero-order valence-electron chi connectivity index (χ0n) is 12.7. The van der Waals surface area contributed by atoms with Crippen LogP contribution in [0.4, 0.5) is 5.69 Å². The van der Waals surface area contributed by atoms with Gasteiger partial charge in [-0.25, -0.2) is 0 Å². The van der Waals surface area contributed by atoms with Crippen LogP contribution in [0.2, 0.25) is 0 Å². The van der Waals surface area contributed by atoms with Crippen molar-refractivity contribution in [3.05, 3.63) is 48.0 Å². The Balaban J connectivity index is 1.91. The van der Waals surface area contributed by atoms with Crippen LogP contribution in [0.5, 0.6) is 5.75 Å². The van der Waals surface area contributed by atoms with Gasteiger partial charge in [0.15, 0.2) is 0 Å². The smallest absolute Gasteiger partial charge is 0.255 e. The summed E-state index contributed by atoms with van der Waals surface area (Å²) in [6.07, 6.45) is 0.